The van der Waals surface area contributed by atoms with E-state index >= 15 is 0 Å². The number of rotatable bonds is 4. The molecule has 0 aromatic carbocycles. The minimum atomic E-state index is 0.277. The maximum atomic E-state index is 5.81. The van der Waals surface area contributed by atoms with E-state index in [9.17, 15) is 0 Å². The fourth-order valence-corrected chi connectivity index (χ4v) is 1.19. The Morgan fingerprint density at radius 3 is 2.92 bits per heavy atom. The Morgan fingerprint density at radius 2 is 2.31 bits per heavy atom. The summed E-state index contributed by atoms with van der Waals surface area (Å²) >= 11 is 0. The summed E-state index contributed by atoms with van der Waals surface area (Å²) in [4.78, 5) is 4.03. The van der Waals surface area contributed by atoms with Gasteiger partial charge in [-0.2, -0.15) is 0 Å². The predicted octanol–water partition coefficient (Wildman–Crippen LogP) is 1.33. The minimum Gasteiger partial charge on any atom is -0.398 e. The second kappa shape index (κ2) is 4.82. The smallest absolute Gasteiger partial charge is 0.0377 e. The SMILES string of the molecule is CCC(N)CCc1cnccc1N. The maximum absolute atomic E-state index is 5.81. The summed E-state index contributed by atoms with van der Waals surface area (Å²) in [6.45, 7) is 2.09. The van der Waals surface area contributed by atoms with E-state index in [4.69, 9.17) is 11.5 Å². The highest BCUT2D eigenvalue weighted by Gasteiger charge is 2.02. The highest BCUT2D eigenvalue weighted by Crippen LogP contribution is 2.12. The van der Waals surface area contributed by atoms with Gasteiger partial charge in [0.1, 0.15) is 0 Å². The van der Waals surface area contributed by atoms with Crippen molar-refractivity contribution in [2.24, 2.45) is 5.73 Å². The molecule has 0 spiro atoms. The van der Waals surface area contributed by atoms with Crippen LogP contribution in [0, 0.1) is 0 Å². The monoisotopic (exact) mass is 179 g/mol. The van der Waals surface area contributed by atoms with E-state index < -0.39 is 0 Å². The average Bonchev–Trinajstić information content (AvgIpc) is 2.16. The zero-order chi connectivity index (χ0) is 9.68. The molecule has 3 nitrogen and oxygen atoms in total. The summed E-state index contributed by atoms with van der Waals surface area (Å²) in [5, 5.41) is 0. The van der Waals surface area contributed by atoms with Crippen LogP contribution in [0.4, 0.5) is 5.69 Å². The maximum Gasteiger partial charge on any atom is 0.0377 e. The van der Waals surface area contributed by atoms with Gasteiger partial charge in [0.2, 0.25) is 0 Å². The number of aryl methyl sites for hydroxylation is 1. The van der Waals surface area contributed by atoms with Gasteiger partial charge in [-0.15, -0.1) is 0 Å². The standard InChI is InChI=1S/C10H17N3/c1-2-9(11)4-3-8-7-13-6-5-10(8)12/h5-7,9H,2-4,11H2,1H3,(H2,12,13). The molecule has 0 fully saturated rings. The Hall–Kier alpha value is -1.09. The molecule has 0 aliphatic heterocycles. The molecule has 4 N–H and O–H groups in total. The first-order valence-corrected chi connectivity index (χ1v) is 4.68. The summed E-state index contributed by atoms with van der Waals surface area (Å²) < 4.78 is 0. The van der Waals surface area contributed by atoms with Gasteiger partial charge in [0.05, 0.1) is 0 Å². The van der Waals surface area contributed by atoms with Crippen LogP contribution in [0.5, 0.6) is 0 Å². The van der Waals surface area contributed by atoms with E-state index in [0.717, 1.165) is 30.5 Å². The molecule has 1 rings (SSSR count). The van der Waals surface area contributed by atoms with Gasteiger partial charge in [-0.25, -0.2) is 0 Å². The number of pyridine rings is 1. The first-order valence-electron chi connectivity index (χ1n) is 4.68. The van der Waals surface area contributed by atoms with Crippen molar-refractivity contribution in [2.45, 2.75) is 32.2 Å². The Labute approximate surface area is 79.2 Å². The lowest BCUT2D eigenvalue weighted by Crippen LogP contribution is -2.19. The van der Waals surface area contributed by atoms with Gasteiger partial charge >= 0.3 is 0 Å². The fourth-order valence-electron chi connectivity index (χ4n) is 1.19. The fraction of sp³-hybridized carbons (Fsp3) is 0.500. The van der Waals surface area contributed by atoms with Gasteiger partial charge in [0.15, 0.2) is 0 Å². The number of anilines is 1. The summed E-state index contributed by atoms with van der Waals surface area (Å²) in [5.74, 6) is 0. The number of aromatic nitrogens is 1. The molecule has 1 aromatic heterocycles. The molecule has 1 atom stereocenters. The molecule has 0 aliphatic carbocycles. The van der Waals surface area contributed by atoms with Gasteiger partial charge in [-0.05, 0) is 30.9 Å². The van der Waals surface area contributed by atoms with Gasteiger partial charge in [-0.1, -0.05) is 6.92 Å². The van der Waals surface area contributed by atoms with E-state index in [1.165, 1.54) is 0 Å². The van der Waals surface area contributed by atoms with Crippen LogP contribution in [0.1, 0.15) is 25.3 Å². The summed E-state index contributed by atoms with van der Waals surface area (Å²) in [6, 6.07) is 2.10. The number of hydrogen-bond donors (Lipinski definition) is 2. The van der Waals surface area contributed by atoms with Crippen LogP contribution in [-0.2, 0) is 6.42 Å². The third-order valence-electron chi connectivity index (χ3n) is 2.25. The van der Waals surface area contributed by atoms with E-state index in [1.807, 2.05) is 12.3 Å². The lowest BCUT2D eigenvalue weighted by Gasteiger charge is -2.09. The number of nitrogen functional groups attached to an aromatic ring is 1. The van der Waals surface area contributed by atoms with Gasteiger partial charge < -0.3 is 11.5 Å². The van der Waals surface area contributed by atoms with Gasteiger partial charge in [0.25, 0.3) is 0 Å². The molecule has 0 aliphatic rings. The van der Waals surface area contributed by atoms with E-state index in [-0.39, 0.29) is 6.04 Å². The number of hydrogen-bond acceptors (Lipinski definition) is 3. The number of nitrogens with zero attached hydrogens (tertiary/aromatic N) is 1. The highest BCUT2D eigenvalue weighted by atomic mass is 14.7. The third-order valence-corrected chi connectivity index (χ3v) is 2.25. The van der Waals surface area contributed by atoms with Gasteiger partial charge in [0, 0.05) is 24.1 Å². The van der Waals surface area contributed by atoms with Crippen molar-refractivity contribution in [3.05, 3.63) is 24.0 Å². The van der Waals surface area contributed by atoms with Crippen LogP contribution in [0.15, 0.2) is 18.5 Å². The molecule has 3 heteroatoms. The summed E-state index contributed by atoms with van der Waals surface area (Å²) in [5.41, 5.74) is 13.5. The first kappa shape index (κ1) is 9.99. The highest BCUT2D eigenvalue weighted by molar-refractivity contribution is 5.44. The molecule has 1 unspecified atom stereocenters. The van der Waals surface area contributed by atoms with Crippen molar-refractivity contribution >= 4 is 5.69 Å². The Morgan fingerprint density at radius 1 is 1.54 bits per heavy atom. The molecule has 13 heavy (non-hydrogen) atoms. The lowest BCUT2D eigenvalue weighted by molar-refractivity contribution is 0.596. The molecule has 72 valence electrons. The summed E-state index contributed by atoms with van der Waals surface area (Å²) in [6.07, 6.45) is 6.44. The van der Waals surface area contributed by atoms with Crippen LogP contribution in [0.3, 0.4) is 0 Å². The van der Waals surface area contributed by atoms with Crippen molar-refractivity contribution in [1.29, 1.82) is 0 Å². The van der Waals surface area contributed by atoms with Crippen LogP contribution >= 0.6 is 0 Å². The topological polar surface area (TPSA) is 64.9 Å². The van der Waals surface area contributed by atoms with Crippen LogP contribution in [0.25, 0.3) is 0 Å². The Bertz CT molecular complexity index is 260. The van der Waals surface area contributed by atoms with Gasteiger partial charge in [-0.3, -0.25) is 4.98 Å². The zero-order valence-electron chi connectivity index (χ0n) is 8.03. The van der Waals surface area contributed by atoms with Crippen LogP contribution < -0.4 is 11.5 Å². The third kappa shape index (κ3) is 3.03. The van der Waals surface area contributed by atoms with E-state index in [0.29, 0.717) is 0 Å². The first-order chi connectivity index (χ1) is 6.24. The minimum absolute atomic E-state index is 0.277. The van der Waals surface area contributed by atoms with E-state index in [1.54, 1.807) is 6.20 Å². The van der Waals surface area contributed by atoms with Crippen LogP contribution in [0.2, 0.25) is 0 Å². The Balaban J connectivity index is 2.50. The molecule has 0 saturated carbocycles. The quantitative estimate of drug-likeness (QED) is 0.733. The second-order valence-electron chi connectivity index (χ2n) is 3.28. The zero-order valence-corrected chi connectivity index (χ0v) is 8.03. The molecular weight excluding hydrogens is 162 g/mol. The van der Waals surface area contributed by atoms with Crippen molar-refractivity contribution < 1.29 is 0 Å². The molecular formula is C10H17N3. The number of nitrogens with two attached hydrogens (primary N) is 2. The molecule has 0 saturated heterocycles. The predicted molar refractivity (Wildman–Crippen MR) is 55.2 cm³/mol. The normalized spacial score (nSPS) is 12.8. The molecule has 1 heterocycles. The van der Waals surface area contributed by atoms with Crippen molar-refractivity contribution in [3.63, 3.8) is 0 Å². The van der Waals surface area contributed by atoms with E-state index in [2.05, 4.69) is 11.9 Å². The van der Waals surface area contributed by atoms with Crippen molar-refractivity contribution in [3.8, 4) is 0 Å². The second-order valence-corrected chi connectivity index (χ2v) is 3.28. The molecule has 0 amide bonds. The molecule has 0 radical (unpaired) electrons. The average molecular weight is 179 g/mol. The summed E-state index contributed by atoms with van der Waals surface area (Å²) in [7, 11) is 0. The molecule has 0 bridgehead atoms. The van der Waals surface area contributed by atoms with Crippen molar-refractivity contribution in [1.82, 2.24) is 4.98 Å². The lowest BCUT2D eigenvalue weighted by atomic mass is 10.0. The van der Waals surface area contributed by atoms with Crippen LogP contribution in [-0.4, -0.2) is 11.0 Å². The largest absolute Gasteiger partial charge is 0.398 e. The van der Waals surface area contributed by atoms with Crippen molar-refractivity contribution in [2.75, 3.05) is 5.73 Å². The molecule has 1 aromatic rings. The Kier molecular flexibility index (Phi) is 3.71.